The molecule has 3 rings (SSSR count). The van der Waals surface area contributed by atoms with Crippen LogP contribution in [0.4, 0.5) is 11.4 Å². The largest absolute Gasteiger partial charge is 0.452 e. The lowest BCUT2D eigenvalue weighted by Crippen LogP contribution is -2.33. The first kappa shape index (κ1) is 21.0. The molecule has 2 atom stereocenters. The third kappa shape index (κ3) is 4.99. The lowest BCUT2D eigenvalue weighted by Gasteiger charge is -2.18. The molecule has 30 heavy (non-hydrogen) atoms. The minimum absolute atomic E-state index is 0.0143. The van der Waals surface area contributed by atoms with Gasteiger partial charge in [0, 0.05) is 25.6 Å². The number of rotatable bonds is 7. The maximum atomic E-state index is 12.4. The van der Waals surface area contributed by atoms with E-state index >= 15 is 0 Å². The van der Waals surface area contributed by atoms with Crippen LogP contribution in [0.25, 0.3) is 0 Å². The van der Waals surface area contributed by atoms with Crippen molar-refractivity contribution in [2.24, 2.45) is 5.92 Å². The molecule has 0 aliphatic carbocycles. The minimum atomic E-state index is -1.17. The number of amides is 2. The number of benzene rings is 2. The van der Waals surface area contributed by atoms with E-state index in [1.54, 1.807) is 11.0 Å². The highest BCUT2D eigenvalue weighted by atomic mass is 16.6. The van der Waals surface area contributed by atoms with Crippen LogP contribution < -0.4 is 5.32 Å². The van der Waals surface area contributed by atoms with Crippen LogP contribution in [0.2, 0.25) is 0 Å². The van der Waals surface area contributed by atoms with E-state index in [4.69, 9.17) is 4.74 Å². The molecule has 156 valence electrons. The summed E-state index contributed by atoms with van der Waals surface area (Å²) in [7, 11) is 0. The van der Waals surface area contributed by atoms with E-state index in [1.807, 2.05) is 30.3 Å². The molecule has 2 aromatic rings. The van der Waals surface area contributed by atoms with Crippen LogP contribution in [0.3, 0.4) is 0 Å². The fourth-order valence-corrected chi connectivity index (χ4v) is 3.18. The molecular weight excluding hydrogens is 390 g/mol. The molecule has 1 aliphatic rings. The summed E-state index contributed by atoms with van der Waals surface area (Å²) in [6.07, 6.45) is -1.15. The van der Waals surface area contributed by atoms with Gasteiger partial charge in [-0.15, -0.1) is 0 Å². The lowest BCUT2D eigenvalue weighted by molar-refractivity contribution is -0.383. The van der Waals surface area contributed by atoms with Gasteiger partial charge in [-0.05, 0) is 18.6 Å². The first-order valence-corrected chi connectivity index (χ1v) is 9.41. The molecule has 1 heterocycles. The highest BCUT2D eigenvalue weighted by Gasteiger charge is 2.36. The first-order chi connectivity index (χ1) is 14.3. The molecule has 1 N–H and O–H groups in total. The SMILES string of the molecule is C[C@@H](OC(=O)[C@H]1CC(=O)N(Cc2ccccc2)C1)C(=O)Nc1ccccc1[N+](=O)[O-]. The van der Waals surface area contributed by atoms with Crippen LogP contribution in [0, 0.1) is 16.0 Å². The molecule has 0 radical (unpaired) electrons. The predicted octanol–water partition coefficient (Wildman–Crippen LogP) is 2.51. The normalized spacial score (nSPS) is 16.8. The maximum Gasteiger partial charge on any atom is 0.312 e. The Morgan fingerprint density at radius 3 is 2.57 bits per heavy atom. The second-order valence-electron chi connectivity index (χ2n) is 7.00. The number of para-hydroxylation sites is 2. The molecule has 0 bridgehead atoms. The number of ether oxygens (including phenoxy) is 1. The van der Waals surface area contributed by atoms with E-state index in [0.29, 0.717) is 6.54 Å². The van der Waals surface area contributed by atoms with Crippen molar-refractivity contribution in [1.82, 2.24) is 4.90 Å². The van der Waals surface area contributed by atoms with Gasteiger partial charge >= 0.3 is 5.97 Å². The average molecular weight is 411 g/mol. The van der Waals surface area contributed by atoms with Crippen molar-refractivity contribution in [2.75, 3.05) is 11.9 Å². The number of carbonyl (C=O) groups excluding carboxylic acids is 3. The van der Waals surface area contributed by atoms with Gasteiger partial charge in [-0.1, -0.05) is 42.5 Å². The summed E-state index contributed by atoms with van der Waals surface area (Å²) in [6, 6.07) is 15.1. The monoisotopic (exact) mass is 411 g/mol. The van der Waals surface area contributed by atoms with Crippen molar-refractivity contribution in [3.63, 3.8) is 0 Å². The summed E-state index contributed by atoms with van der Waals surface area (Å²) in [4.78, 5) is 49.0. The molecule has 1 saturated heterocycles. The van der Waals surface area contributed by atoms with Crippen LogP contribution in [-0.4, -0.2) is 40.3 Å². The number of hydrogen-bond donors (Lipinski definition) is 1. The van der Waals surface area contributed by atoms with E-state index in [-0.39, 0.29) is 30.2 Å². The zero-order valence-electron chi connectivity index (χ0n) is 16.3. The summed E-state index contributed by atoms with van der Waals surface area (Å²) in [6.45, 7) is 1.99. The summed E-state index contributed by atoms with van der Waals surface area (Å²) >= 11 is 0. The number of nitrogens with one attached hydrogen (secondary N) is 1. The molecule has 2 aromatic carbocycles. The quantitative estimate of drug-likeness (QED) is 0.425. The molecule has 9 nitrogen and oxygen atoms in total. The average Bonchev–Trinajstić information content (AvgIpc) is 3.09. The van der Waals surface area contributed by atoms with Crippen LogP contribution in [0.5, 0.6) is 0 Å². The number of likely N-dealkylation sites (tertiary alicyclic amines) is 1. The fraction of sp³-hybridized carbons (Fsp3) is 0.286. The lowest BCUT2D eigenvalue weighted by atomic mass is 10.1. The van der Waals surface area contributed by atoms with Crippen molar-refractivity contribution in [2.45, 2.75) is 26.0 Å². The maximum absolute atomic E-state index is 12.4. The van der Waals surface area contributed by atoms with Crippen LogP contribution in [-0.2, 0) is 25.7 Å². The zero-order chi connectivity index (χ0) is 21.7. The molecule has 2 amide bonds. The van der Waals surface area contributed by atoms with Gasteiger partial charge in [-0.2, -0.15) is 0 Å². The van der Waals surface area contributed by atoms with Crippen molar-refractivity contribution in [3.05, 3.63) is 70.3 Å². The van der Waals surface area contributed by atoms with Crippen molar-refractivity contribution >= 4 is 29.2 Å². The van der Waals surface area contributed by atoms with Crippen molar-refractivity contribution in [1.29, 1.82) is 0 Å². The Hall–Kier alpha value is -3.75. The predicted molar refractivity (Wildman–Crippen MR) is 107 cm³/mol. The number of hydrogen-bond acceptors (Lipinski definition) is 6. The van der Waals surface area contributed by atoms with Gasteiger partial charge in [0.05, 0.1) is 10.8 Å². The van der Waals surface area contributed by atoms with Gasteiger partial charge < -0.3 is 15.0 Å². The van der Waals surface area contributed by atoms with Gasteiger partial charge in [-0.3, -0.25) is 24.5 Å². The Bertz CT molecular complexity index is 962. The molecule has 0 unspecified atom stereocenters. The fourth-order valence-electron chi connectivity index (χ4n) is 3.18. The smallest absolute Gasteiger partial charge is 0.312 e. The topological polar surface area (TPSA) is 119 Å². The molecule has 0 spiro atoms. The number of nitro groups is 1. The third-order valence-electron chi connectivity index (χ3n) is 4.78. The van der Waals surface area contributed by atoms with Gasteiger partial charge in [-0.25, -0.2) is 0 Å². The Morgan fingerprint density at radius 2 is 1.87 bits per heavy atom. The van der Waals surface area contributed by atoms with E-state index in [2.05, 4.69) is 5.32 Å². The molecule has 0 saturated carbocycles. The standard InChI is InChI=1S/C21H21N3O6/c1-14(20(26)22-17-9-5-6-10-18(17)24(28)29)30-21(27)16-11-19(25)23(13-16)12-15-7-3-2-4-8-15/h2-10,14,16H,11-13H2,1H3,(H,22,26)/t14-,16+/m1/s1. The van der Waals surface area contributed by atoms with E-state index < -0.39 is 28.8 Å². The van der Waals surface area contributed by atoms with Crippen LogP contribution in [0.1, 0.15) is 18.9 Å². The Kier molecular flexibility index (Phi) is 6.41. The van der Waals surface area contributed by atoms with Crippen LogP contribution in [0.15, 0.2) is 54.6 Å². The van der Waals surface area contributed by atoms with E-state index in [0.717, 1.165) is 5.56 Å². The Morgan fingerprint density at radius 1 is 1.20 bits per heavy atom. The summed E-state index contributed by atoms with van der Waals surface area (Å²) in [5.74, 6) is -2.16. The first-order valence-electron chi connectivity index (χ1n) is 9.41. The molecule has 0 aromatic heterocycles. The number of nitrogens with zero attached hydrogens (tertiary/aromatic N) is 2. The Labute approximate surface area is 172 Å². The number of esters is 1. The molecule has 1 fully saturated rings. The van der Waals surface area contributed by atoms with E-state index in [9.17, 15) is 24.5 Å². The summed E-state index contributed by atoms with van der Waals surface area (Å²) in [5, 5.41) is 13.5. The summed E-state index contributed by atoms with van der Waals surface area (Å²) < 4.78 is 5.22. The Balaban J connectivity index is 1.56. The molecular formula is C21H21N3O6. The third-order valence-corrected chi connectivity index (χ3v) is 4.78. The van der Waals surface area contributed by atoms with Crippen molar-refractivity contribution < 1.29 is 24.0 Å². The molecule has 9 heteroatoms. The van der Waals surface area contributed by atoms with Gasteiger partial charge in [0.15, 0.2) is 6.10 Å². The van der Waals surface area contributed by atoms with Crippen LogP contribution >= 0.6 is 0 Å². The second kappa shape index (κ2) is 9.17. The van der Waals surface area contributed by atoms with Gasteiger partial charge in [0.1, 0.15) is 5.69 Å². The number of carbonyl (C=O) groups is 3. The number of nitro benzene ring substituents is 1. The van der Waals surface area contributed by atoms with Gasteiger partial charge in [0.2, 0.25) is 5.91 Å². The second-order valence-corrected chi connectivity index (χ2v) is 7.00. The zero-order valence-corrected chi connectivity index (χ0v) is 16.3. The van der Waals surface area contributed by atoms with E-state index in [1.165, 1.54) is 25.1 Å². The molecule has 1 aliphatic heterocycles. The minimum Gasteiger partial charge on any atom is -0.452 e. The highest BCUT2D eigenvalue weighted by Crippen LogP contribution is 2.24. The van der Waals surface area contributed by atoms with Gasteiger partial charge in [0.25, 0.3) is 11.6 Å². The summed E-state index contributed by atoms with van der Waals surface area (Å²) in [5.41, 5.74) is 0.708. The highest BCUT2D eigenvalue weighted by molar-refractivity contribution is 5.97. The number of anilines is 1. The van der Waals surface area contributed by atoms with Crippen molar-refractivity contribution in [3.8, 4) is 0 Å².